The molecule has 1 atom stereocenters. The Morgan fingerprint density at radius 3 is 2.37 bits per heavy atom. The molecule has 2 aromatic carbocycles. The fraction of sp³-hybridized carbons (Fsp3) is 0.105. The van der Waals surface area contributed by atoms with Crippen LogP contribution in [0.15, 0.2) is 48.7 Å². The van der Waals surface area contributed by atoms with Crippen LogP contribution in [-0.4, -0.2) is 25.9 Å². The number of nitro groups is 2. The van der Waals surface area contributed by atoms with Gasteiger partial charge >= 0.3 is 5.82 Å². The van der Waals surface area contributed by atoms with Crippen LogP contribution in [0.25, 0.3) is 11.3 Å². The lowest BCUT2D eigenvalue weighted by Gasteiger charge is -2.14. The molecule has 30 heavy (non-hydrogen) atoms. The molecule has 153 valence electrons. The number of anilines is 1. The maximum Gasteiger partial charge on any atom is 0.390 e. The second-order valence-corrected chi connectivity index (χ2v) is 7.11. The molecule has 0 bridgehead atoms. The van der Waals surface area contributed by atoms with E-state index >= 15 is 0 Å². The number of aromatic nitrogens is 2. The Labute approximate surface area is 181 Å². The zero-order chi connectivity index (χ0) is 21.8. The second kappa shape index (κ2) is 9.02. The molecule has 1 radical (unpaired) electrons. The molecule has 1 heterocycles. The van der Waals surface area contributed by atoms with Crippen molar-refractivity contribution in [1.82, 2.24) is 9.97 Å². The van der Waals surface area contributed by atoms with Gasteiger partial charge in [0.25, 0.3) is 5.69 Å². The number of rotatable bonds is 7. The molecule has 0 aliphatic rings. The molecule has 3 rings (SSSR count). The van der Waals surface area contributed by atoms with Gasteiger partial charge in [-0.2, -0.15) is 0 Å². The Kier molecular flexibility index (Phi) is 6.43. The summed E-state index contributed by atoms with van der Waals surface area (Å²) in [5.74, 6) is -0.424. The molecule has 9 nitrogen and oxygen atoms in total. The number of nitrogens with one attached hydrogen (secondary N) is 1. The van der Waals surface area contributed by atoms with Crippen molar-refractivity contribution in [2.45, 2.75) is 12.5 Å². The number of benzene rings is 2. The van der Waals surface area contributed by atoms with Crippen LogP contribution in [0, 0.1) is 27.2 Å². The van der Waals surface area contributed by atoms with E-state index in [0.717, 1.165) is 0 Å². The minimum atomic E-state index is -0.631. The van der Waals surface area contributed by atoms with Crippen LogP contribution < -0.4 is 5.32 Å². The van der Waals surface area contributed by atoms with Crippen LogP contribution in [0.5, 0.6) is 0 Å². The van der Waals surface area contributed by atoms with Crippen molar-refractivity contribution in [3.05, 3.63) is 91.6 Å². The van der Waals surface area contributed by atoms with Crippen molar-refractivity contribution in [3.63, 3.8) is 0 Å². The highest BCUT2D eigenvalue weighted by atomic mass is 35.5. The number of nitro benzene ring substituents is 1. The van der Waals surface area contributed by atoms with Crippen LogP contribution in [0.1, 0.15) is 5.69 Å². The predicted molar refractivity (Wildman–Crippen MR) is 114 cm³/mol. The zero-order valence-corrected chi connectivity index (χ0v) is 16.8. The summed E-state index contributed by atoms with van der Waals surface area (Å²) in [5, 5.41) is 25.8. The lowest BCUT2D eigenvalue weighted by Crippen LogP contribution is -2.19. The smallest absolute Gasteiger partial charge is 0.382 e. The maximum atomic E-state index is 11.4. The van der Waals surface area contributed by atoms with E-state index in [1.165, 1.54) is 24.4 Å². The number of non-ortho nitro benzene ring substituents is 1. The van der Waals surface area contributed by atoms with Gasteiger partial charge < -0.3 is 15.4 Å². The quantitative estimate of drug-likeness (QED) is 0.394. The van der Waals surface area contributed by atoms with Crippen molar-refractivity contribution < 1.29 is 9.85 Å². The normalized spacial score (nSPS) is 11.7. The van der Waals surface area contributed by atoms with Crippen molar-refractivity contribution >= 4 is 40.4 Å². The van der Waals surface area contributed by atoms with Gasteiger partial charge in [0.05, 0.1) is 15.6 Å². The van der Waals surface area contributed by atoms with Crippen LogP contribution in [-0.2, 0) is 6.42 Å². The summed E-state index contributed by atoms with van der Waals surface area (Å²) in [5.41, 5.74) is 1.44. The van der Waals surface area contributed by atoms with Crippen molar-refractivity contribution in [2.75, 3.05) is 5.32 Å². The average Bonchev–Trinajstić information content (AvgIpc) is 2.68. The molecule has 1 aromatic heterocycles. The lowest BCUT2D eigenvalue weighted by atomic mass is 10.1. The van der Waals surface area contributed by atoms with Crippen molar-refractivity contribution in [3.8, 4) is 11.3 Å². The Balaban J connectivity index is 1.84. The lowest BCUT2D eigenvalue weighted by molar-refractivity contribution is -0.389. The Bertz CT molecular complexity index is 1110. The molecule has 0 aliphatic heterocycles. The first-order chi connectivity index (χ1) is 14.2. The largest absolute Gasteiger partial charge is 0.390 e. The van der Waals surface area contributed by atoms with Gasteiger partial charge in [-0.3, -0.25) is 10.1 Å². The van der Waals surface area contributed by atoms with Crippen LogP contribution >= 0.6 is 23.2 Å². The molecular weight excluding hydrogens is 433 g/mol. The summed E-state index contributed by atoms with van der Waals surface area (Å²) < 4.78 is 0. The number of hydrogen-bond acceptors (Lipinski definition) is 7. The van der Waals surface area contributed by atoms with E-state index in [1.807, 2.05) is 0 Å². The standard InChI is InChI=1S/C19H14Cl2N5O4/c1-11(23-13-3-5-15(6-4-13)25(27)28)8-14-10-22-19(26(29)30)18(24-14)16-7-2-12(20)9-17(16)21/h2-7,9-11,23H,1,8H2. The molecule has 0 saturated carbocycles. The van der Waals surface area contributed by atoms with E-state index in [9.17, 15) is 20.2 Å². The van der Waals surface area contributed by atoms with Gasteiger partial charge in [0, 0.05) is 40.9 Å². The minimum Gasteiger partial charge on any atom is -0.382 e. The van der Waals surface area contributed by atoms with Crippen molar-refractivity contribution in [1.29, 1.82) is 0 Å². The highest BCUT2D eigenvalue weighted by Gasteiger charge is 2.22. The van der Waals surface area contributed by atoms with E-state index < -0.39 is 15.7 Å². The van der Waals surface area contributed by atoms with Gasteiger partial charge in [-0.15, -0.1) is 0 Å². The number of nitrogens with zero attached hydrogens (tertiary/aromatic N) is 4. The van der Waals surface area contributed by atoms with Crippen LogP contribution in [0.2, 0.25) is 10.0 Å². The van der Waals surface area contributed by atoms with Gasteiger partial charge in [-0.05, 0) is 47.2 Å². The molecule has 1 unspecified atom stereocenters. The van der Waals surface area contributed by atoms with E-state index in [1.54, 1.807) is 24.3 Å². The Hall–Kier alpha value is -3.30. The van der Waals surface area contributed by atoms with E-state index in [4.69, 9.17) is 23.2 Å². The first-order valence-electron chi connectivity index (χ1n) is 8.54. The fourth-order valence-corrected chi connectivity index (χ4v) is 3.23. The Morgan fingerprint density at radius 2 is 1.77 bits per heavy atom. The average molecular weight is 447 g/mol. The molecule has 0 spiro atoms. The fourth-order valence-electron chi connectivity index (χ4n) is 2.73. The molecule has 0 aliphatic carbocycles. The first-order valence-corrected chi connectivity index (χ1v) is 9.30. The van der Waals surface area contributed by atoms with Gasteiger partial charge in [0.1, 0.15) is 0 Å². The van der Waals surface area contributed by atoms with Crippen LogP contribution in [0.4, 0.5) is 17.2 Å². The van der Waals surface area contributed by atoms with Gasteiger partial charge in [0.15, 0.2) is 11.9 Å². The minimum absolute atomic E-state index is 0.0214. The SMILES string of the molecule is [CH2]C(Cc1cnc([N+](=O)[O-])c(-c2ccc(Cl)cc2Cl)n1)Nc1ccc([N+](=O)[O-])cc1. The van der Waals surface area contributed by atoms with Crippen LogP contribution in [0.3, 0.4) is 0 Å². The molecule has 0 amide bonds. The third-order valence-corrected chi connectivity index (χ3v) is 4.61. The van der Waals surface area contributed by atoms with E-state index in [0.29, 0.717) is 28.4 Å². The van der Waals surface area contributed by atoms with Gasteiger partial charge in [-0.1, -0.05) is 23.2 Å². The Morgan fingerprint density at radius 1 is 1.07 bits per heavy atom. The summed E-state index contributed by atoms with van der Waals surface area (Å²) in [4.78, 5) is 29.3. The highest BCUT2D eigenvalue weighted by molar-refractivity contribution is 6.36. The summed E-state index contributed by atoms with van der Waals surface area (Å²) in [6.07, 6.45) is 1.60. The summed E-state index contributed by atoms with van der Waals surface area (Å²) >= 11 is 12.1. The highest BCUT2D eigenvalue weighted by Crippen LogP contribution is 2.33. The molecule has 1 N–H and O–H groups in total. The molecular formula is C19H14Cl2N5O4. The molecule has 0 fully saturated rings. The predicted octanol–water partition coefficient (Wildman–Crippen LogP) is 5.12. The summed E-state index contributed by atoms with van der Waals surface area (Å²) in [6.45, 7) is 3.99. The van der Waals surface area contributed by atoms with Crippen molar-refractivity contribution in [2.24, 2.45) is 0 Å². The summed E-state index contributed by atoms with van der Waals surface area (Å²) in [7, 11) is 0. The third kappa shape index (κ3) is 5.00. The topological polar surface area (TPSA) is 124 Å². The van der Waals surface area contributed by atoms with Gasteiger partial charge in [0.2, 0.25) is 0 Å². The molecule has 3 aromatic rings. The zero-order valence-electron chi connectivity index (χ0n) is 15.3. The molecule has 11 heteroatoms. The summed E-state index contributed by atoms with van der Waals surface area (Å²) in [6, 6.07) is 10.1. The van der Waals surface area contributed by atoms with E-state index in [-0.39, 0.29) is 22.4 Å². The number of halogens is 2. The number of hydrogen-bond donors (Lipinski definition) is 1. The molecule has 0 saturated heterocycles. The van der Waals surface area contributed by atoms with Gasteiger partial charge in [-0.25, -0.2) is 4.98 Å². The monoisotopic (exact) mass is 446 g/mol. The van der Waals surface area contributed by atoms with E-state index in [2.05, 4.69) is 22.2 Å². The maximum absolute atomic E-state index is 11.4. The third-order valence-electron chi connectivity index (χ3n) is 4.07. The first kappa shape index (κ1) is 21.4. The second-order valence-electron chi connectivity index (χ2n) is 6.26.